The van der Waals surface area contributed by atoms with E-state index in [0.29, 0.717) is 0 Å². The minimum Gasteiger partial charge on any atom is -0.379 e. The first kappa shape index (κ1) is 7.98. The normalized spacial score (nSPS) is 24.0. The quantitative estimate of drug-likeness (QED) is 0.485. The molecule has 0 saturated carbocycles. The second-order valence-corrected chi connectivity index (χ2v) is 2.47. The molecule has 0 aromatic rings. The van der Waals surface area contributed by atoms with Crippen LogP contribution >= 0.6 is 0 Å². The van der Waals surface area contributed by atoms with Crippen LogP contribution in [0.5, 0.6) is 0 Å². The standard InChI is InChI=1S/C4H9NO.C3H7N/c1-3-6-4-2-5-1;1-2-4-3-1/h5H,1-4H2;4H,1-3H2. The summed E-state index contributed by atoms with van der Waals surface area (Å²) >= 11 is 0. The molecule has 2 heterocycles. The molecule has 2 aliphatic rings. The maximum Gasteiger partial charge on any atom is 0.0591 e. The van der Waals surface area contributed by atoms with Gasteiger partial charge in [0.05, 0.1) is 13.2 Å². The first-order valence-corrected chi connectivity index (χ1v) is 3.99. The predicted molar refractivity (Wildman–Crippen MR) is 41.2 cm³/mol. The highest BCUT2D eigenvalue weighted by atomic mass is 16.5. The fourth-order valence-corrected chi connectivity index (χ4v) is 0.693. The van der Waals surface area contributed by atoms with Crippen LogP contribution in [0, 0.1) is 0 Å². The maximum absolute atomic E-state index is 5.01. The summed E-state index contributed by atoms with van der Waals surface area (Å²) in [4.78, 5) is 0. The fourth-order valence-electron chi connectivity index (χ4n) is 0.693. The van der Waals surface area contributed by atoms with Crippen molar-refractivity contribution in [1.82, 2.24) is 10.6 Å². The van der Waals surface area contributed by atoms with Gasteiger partial charge < -0.3 is 15.4 Å². The van der Waals surface area contributed by atoms with Crippen molar-refractivity contribution in [2.75, 3.05) is 39.4 Å². The van der Waals surface area contributed by atoms with E-state index in [0.717, 1.165) is 26.3 Å². The van der Waals surface area contributed by atoms with Gasteiger partial charge in [-0.15, -0.1) is 0 Å². The molecule has 0 amide bonds. The van der Waals surface area contributed by atoms with E-state index in [1.54, 1.807) is 0 Å². The fraction of sp³-hybridized carbons (Fsp3) is 1.00. The lowest BCUT2D eigenvalue weighted by Gasteiger charge is -2.10. The van der Waals surface area contributed by atoms with Crippen LogP contribution in [0.4, 0.5) is 0 Å². The van der Waals surface area contributed by atoms with E-state index in [2.05, 4.69) is 10.6 Å². The number of ether oxygens (including phenoxy) is 1. The van der Waals surface area contributed by atoms with Gasteiger partial charge in [0.25, 0.3) is 0 Å². The zero-order valence-corrected chi connectivity index (χ0v) is 6.36. The van der Waals surface area contributed by atoms with E-state index in [9.17, 15) is 0 Å². The van der Waals surface area contributed by atoms with Crippen molar-refractivity contribution in [3.63, 3.8) is 0 Å². The lowest BCUT2D eigenvalue weighted by Crippen LogP contribution is -2.30. The van der Waals surface area contributed by atoms with Crippen LogP contribution in [0.1, 0.15) is 6.42 Å². The van der Waals surface area contributed by atoms with Crippen molar-refractivity contribution in [2.24, 2.45) is 0 Å². The van der Waals surface area contributed by atoms with Crippen LogP contribution < -0.4 is 10.6 Å². The Morgan fingerprint density at radius 1 is 0.800 bits per heavy atom. The van der Waals surface area contributed by atoms with Gasteiger partial charge >= 0.3 is 0 Å². The van der Waals surface area contributed by atoms with E-state index >= 15 is 0 Å². The molecule has 10 heavy (non-hydrogen) atoms. The predicted octanol–water partition coefficient (Wildman–Crippen LogP) is -0.414. The molecule has 0 aromatic heterocycles. The summed E-state index contributed by atoms with van der Waals surface area (Å²) in [5.41, 5.74) is 0. The Kier molecular flexibility index (Phi) is 4.51. The second kappa shape index (κ2) is 5.65. The molecule has 3 nitrogen and oxygen atoms in total. The molecule has 0 atom stereocenters. The van der Waals surface area contributed by atoms with Gasteiger partial charge in [-0.05, 0) is 19.5 Å². The SMILES string of the molecule is C1CNC1.C1COCCN1. The highest BCUT2D eigenvalue weighted by molar-refractivity contribution is 4.56. The Hall–Kier alpha value is -0.120. The lowest BCUT2D eigenvalue weighted by molar-refractivity contribution is 0.109. The van der Waals surface area contributed by atoms with Crippen molar-refractivity contribution < 1.29 is 4.74 Å². The van der Waals surface area contributed by atoms with Crippen molar-refractivity contribution in [1.29, 1.82) is 0 Å². The van der Waals surface area contributed by atoms with Crippen LogP contribution in [0.25, 0.3) is 0 Å². The average Bonchev–Trinajstić information content (AvgIpc) is 1.88. The molecular weight excluding hydrogens is 128 g/mol. The van der Waals surface area contributed by atoms with Gasteiger partial charge in [0.1, 0.15) is 0 Å². The van der Waals surface area contributed by atoms with Gasteiger partial charge in [-0.3, -0.25) is 0 Å². The smallest absolute Gasteiger partial charge is 0.0591 e. The lowest BCUT2D eigenvalue weighted by atomic mass is 10.3. The minimum atomic E-state index is 0.889. The molecule has 0 spiro atoms. The Morgan fingerprint density at radius 3 is 1.40 bits per heavy atom. The number of hydrogen-bond acceptors (Lipinski definition) is 3. The third-order valence-corrected chi connectivity index (χ3v) is 1.55. The van der Waals surface area contributed by atoms with Crippen LogP contribution in [0.15, 0.2) is 0 Å². The Morgan fingerprint density at radius 2 is 1.30 bits per heavy atom. The largest absolute Gasteiger partial charge is 0.379 e. The van der Waals surface area contributed by atoms with Crippen LogP contribution in [-0.4, -0.2) is 39.4 Å². The second-order valence-electron chi connectivity index (χ2n) is 2.47. The Bertz CT molecular complexity index is 54.5. The van der Waals surface area contributed by atoms with E-state index in [-0.39, 0.29) is 0 Å². The summed E-state index contributed by atoms with van der Waals surface area (Å²) in [6.07, 6.45) is 1.39. The molecule has 0 aromatic carbocycles. The summed E-state index contributed by atoms with van der Waals surface area (Å²) in [7, 11) is 0. The van der Waals surface area contributed by atoms with Gasteiger partial charge in [-0.2, -0.15) is 0 Å². The minimum absolute atomic E-state index is 0.889. The average molecular weight is 144 g/mol. The van der Waals surface area contributed by atoms with Crippen molar-refractivity contribution >= 4 is 0 Å². The topological polar surface area (TPSA) is 33.3 Å². The zero-order valence-electron chi connectivity index (χ0n) is 6.36. The molecule has 3 heteroatoms. The molecule has 2 N–H and O–H groups in total. The maximum atomic E-state index is 5.01. The number of nitrogens with one attached hydrogen (secondary N) is 2. The van der Waals surface area contributed by atoms with Crippen LogP contribution in [-0.2, 0) is 4.74 Å². The van der Waals surface area contributed by atoms with Crippen LogP contribution in [0.3, 0.4) is 0 Å². The molecule has 60 valence electrons. The molecule has 0 unspecified atom stereocenters. The van der Waals surface area contributed by atoms with Gasteiger partial charge in [0.15, 0.2) is 0 Å². The summed E-state index contributed by atoms with van der Waals surface area (Å²) in [6.45, 7) is 6.33. The van der Waals surface area contributed by atoms with Crippen molar-refractivity contribution in [3.05, 3.63) is 0 Å². The summed E-state index contributed by atoms with van der Waals surface area (Å²) in [5.74, 6) is 0. The van der Waals surface area contributed by atoms with E-state index in [1.165, 1.54) is 19.5 Å². The molecule has 0 radical (unpaired) electrons. The summed E-state index contributed by atoms with van der Waals surface area (Å²) < 4.78 is 5.01. The third-order valence-electron chi connectivity index (χ3n) is 1.55. The van der Waals surface area contributed by atoms with Gasteiger partial charge in [-0.25, -0.2) is 0 Å². The van der Waals surface area contributed by atoms with E-state index < -0.39 is 0 Å². The highest BCUT2D eigenvalue weighted by Gasteiger charge is 1.93. The molecule has 2 fully saturated rings. The first-order chi connectivity index (χ1) is 5.00. The third kappa shape index (κ3) is 3.82. The first-order valence-electron chi connectivity index (χ1n) is 3.99. The van der Waals surface area contributed by atoms with Crippen molar-refractivity contribution in [2.45, 2.75) is 6.42 Å². The molecule has 2 rings (SSSR count). The zero-order chi connectivity index (χ0) is 7.07. The van der Waals surface area contributed by atoms with Gasteiger partial charge in [0, 0.05) is 13.1 Å². The molecule has 2 saturated heterocycles. The molecular formula is C7H16N2O. The van der Waals surface area contributed by atoms with Gasteiger partial charge in [-0.1, -0.05) is 0 Å². The number of hydrogen-bond donors (Lipinski definition) is 2. The molecule has 0 aliphatic carbocycles. The van der Waals surface area contributed by atoms with Crippen molar-refractivity contribution in [3.8, 4) is 0 Å². The molecule has 2 aliphatic heterocycles. The van der Waals surface area contributed by atoms with Crippen LogP contribution in [0.2, 0.25) is 0 Å². The monoisotopic (exact) mass is 144 g/mol. The summed E-state index contributed by atoms with van der Waals surface area (Å²) in [6, 6.07) is 0. The molecule has 0 bridgehead atoms. The van der Waals surface area contributed by atoms with E-state index in [4.69, 9.17) is 4.74 Å². The summed E-state index contributed by atoms with van der Waals surface area (Å²) in [5, 5.41) is 6.27. The number of morpholine rings is 1. The van der Waals surface area contributed by atoms with Gasteiger partial charge in [0.2, 0.25) is 0 Å². The van der Waals surface area contributed by atoms with E-state index in [1.807, 2.05) is 0 Å². The highest BCUT2D eigenvalue weighted by Crippen LogP contribution is 1.80. The number of rotatable bonds is 0. The Labute approximate surface area is 62.1 Å². The Balaban J connectivity index is 0.000000108.